The third-order valence-electron chi connectivity index (χ3n) is 3.52. The van der Waals surface area contributed by atoms with Crippen molar-refractivity contribution in [1.82, 2.24) is 10.3 Å². The summed E-state index contributed by atoms with van der Waals surface area (Å²) in [7, 11) is 0. The Balaban J connectivity index is 1.81. The van der Waals surface area contributed by atoms with Crippen LogP contribution in [0.5, 0.6) is 0 Å². The molecule has 0 unspecified atom stereocenters. The predicted molar refractivity (Wildman–Crippen MR) is 62.6 cm³/mol. The molecule has 0 radical (unpaired) electrons. The standard InChI is InChI=1S/C13H20N2/c1-11-5-3-8-15-12(11)9-14-10-13(2)6-4-7-13/h3,5,8,14H,4,6-7,9-10H2,1-2H3. The number of nitrogens with zero attached hydrogens (tertiary/aromatic N) is 1. The molecule has 1 aliphatic rings. The zero-order valence-electron chi connectivity index (χ0n) is 9.71. The van der Waals surface area contributed by atoms with Gasteiger partial charge in [-0.15, -0.1) is 0 Å². The average molecular weight is 204 g/mol. The molecule has 0 saturated heterocycles. The Labute approximate surface area is 92.1 Å². The smallest absolute Gasteiger partial charge is 0.0570 e. The topological polar surface area (TPSA) is 24.9 Å². The van der Waals surface area contributed by atoms with Crippen molar-refractivity contribution < 1.29 is 0 Å². The van der Waals surface area contributed by atoms with Crippen LogP contribution in [0, 0.1) is 12.3 Å². The van der Waals surface area contributed by atoms with Crippen molar-refractivity contribution >= 4 is 0 Å². The lowest BCUT2D eigenvalue weighted by atomic mass is 9.70. The Kier molecular flexibility index (Phi) is 3.06. The summed E-state index contributed by atoms with van der Waals surface area (Å²) in [5, 5.41) is 3.52. The van der Waals surface area contributed by atoms with Gasteiger partial charge in [0.05, 0.1) is 5.69 Å². The quantitative estimate of drug-likeness (QED) is 0.815. The van der Waals surface area contributed by atoms with E-state index in [-0.39, 0.29) is 0 Å². The summed E-state index contributed by atoms with van der Waals surface area (Å²) in [6.45, 7) is 6.52. The van der Waals surface area contributed by atoms with Crippen molar-refractivity contribution in [1.29, 1.82) is 0 Å². The minimum Gasteiger partial charge on any atom is -0.311 e. The van der Waals surface area contributed by atoms with Gasteiger partial charge in [0.25, 0.3) is 0 Å². The summed E-state index contributed by atoms with van der Waals surface area (Å²) in [5.74, 6) is 0. The fourth-order valence-electron chi connectivity index (χ4n) is 2.14. The molecule has 1 aromatic rings. The van der Waals surface area contributed by atoms with Crippen LogP contribution in [0.3, 0.4) is 0 Å². The zero-order chi connectivity index (χ0) is 10.7. The van der Waals surface area contributed by atoms with Crippen LogP contribution < -0.4 is 5.32 Å². The highest BCUT2D eigenvalue weighted by Crippen LogP contribution is 2.39. The molecule has 0 amide bonds. The Bertz CT molecular complexity index is 329. The number of hydrogen-bond acceptors (Lipinski definition) is 2. The van der Waals surface area contributed by atoms with E-state index in [4.69, 9.17) is 0 Å². The van der Waals surface area contributed by atoms with E-state index in [2.05, 4.69) is 30.2 Å². The first-order valence-corrected chi connectivity index (χ1v) is 5.81. The van der Waals surface area contributed by atoms with Crippen molar-refractivity contribution in [3.63, 3.8) is 0 Å². The van der Waals surface area contributed by atoms with E-state index in [1.807, 2.05) is 12.3 Å². The van der Waals surface area contributed by atoms with Crippen molar-refractivity contribution in [2.75, 3.05) is 6.54 Å². The minimum atomic E-state index is 0.558. The highest BCUT2D eigenvalue weighted by Gasteiger charge is 2.30. The molecule has 1 N–H and O–H groups in total. The third-order valence-corrected chi connectivity index (χ3v) is 3.52. The predicted octanol–water partition coefficient (Wildman–Crippen LogP) is 2.67. The van der Waals surface area contributed by atoms with Gasteiger partial charge in [0.1, 0.15) is 0 Å². The van der Waals surface area contributed by atoms with Crippen LogP contribution in [0.15, 0.2) is 18.3 Å². The number of hydrogen-bond donors (Lipinski definition) is 1. The van der Waals surface area contributed by atoms with E-state index < -0.39 is 0 Å². The number of rotatable bonds is 4. The molecule has 0 atom stereocenters. The fourth-order valence-corrected chi connectivity index (χ4v) is 2.14. The van der Waals surface area contributed by atoms with Crippen molar-refractivity contribution in [2.24, 2.45) is 5.41 Å². The minimum absolute atomic E-state index is 0.558. The molecule has 1 aromatic heterocycles. The lowest BCUT2D eigenvalue weighted by Crippen LogP contribution is -2.37. The highest BCUT2D eigenvalue weighted by molar-refractivity contribution is 5.17. The molecule has 0 spiro atoms. The largest absolute Gasteiger partial charge is 0.311 e. The van der Waals surface area contributed by atoms with Gasteiger partial charge in [-0.2, -0.15) is 0 Å². The normalized spacial score (nSPS) is 18.5. The van der Waals surface area contributed by atoms with Crippen LogP contribution >= 0.6 is 0 Å². The van der Waals surface area contributed by atoms with Crippen LogP contribution in [-0.4, -0.2) is 11.5 Å². The Hall–Kier alpha value is -0.890. The average Bonchev–Trinajstić information content (AvgIpc) is 2.18. The first kappa shape index (κ1) is 10.6. The molecular weight excluding hydrogens is 184 g/mol. The molecule has 0 aromatic carbocycles. The van der Waals surface area contributed by atoms with Crippen LogP contribution in [0.4, 0.5) is 0 Å². The van der Waals surface area contributed by atoms with Gasteiger partial charge in [-0.3, -0.25) is 4.98 Å². The number of nitrogens with one attached hydrogen (secondary N) is 1. The van der Waals surface area contributed by atoms with Crippen LogP contribution in [0.1, 0.15) is 37.4 Å². The summed E-state index contributed by atoms with van der Waals surface area (Å²) in [6, 6.07) is 4.11. The summed E-state index contributed by atoms with van der Waals surface area (Å²) in [6.07, 6.45) is 6.03. The Morgan fingerprint density at radius 2 is 2.27 bits per heavy atom. The van der Waals surface area contributed by atoms with Gasteiger partial charge in [-0.05, 0) is 36.8 Å². The lowest BCUT2D eigenvalue weighted by Gasteiger charge is -2.38. The van der Waals surface area contributed by atoms with Gasteiger partial charge in [0, 0.05) is 19.3 Å². The van der Waals surface area contributed by atoms with E-state index >= 15 is 0 Å². The molecule has 0 aliphatic heterocycles. The van der Waals surface area contributed by atoms with Gasteiger partial charge in [0.15, 0.2) is 0 Å². The number of pyridine rings is 1. The maximum atomic E-state index is 4.38. The fraction of sp³-hybridized carbons (Fsp3) is 0.615. The van der Waals surface area contributed by atoms with Crippen LogP contribution in [0.25, 0.3) is 0 Å². The molecule has 1 aliphatic carbocycles. The van der Waals surface area contributed by atoms with Crippen molar-refractivity contribution in [3.05, 3.63) is 29.6 Å². The molecule has 2 heteroatoms. The molecular formula is C13H20N2. The second-order valence-corrected chi connectivity index (χ2v) is 5.03. The molecule has 2 rings (SSSR count). The molecule has 2 nitrogen and oxygen atoms in total. The summed E-state index contributed by atoms with van der Waals surface area (Å²) < 4.78 is 0. The van der Waals surface area contributed by atoms with E-state index in [1.165, 1.54) is 30.5 Å². The van der Waals surface area contributed by atoms with Gasteiger partial charge in [-0.1, -0.05) is 19.4 Å². The molecule has 0 bridgehead atoms. The van der Waals surface area contributed by atoms with Crippen molar-refractivity contribution in [2.45, 2.75) is 39.7 Å². The van der Waals surface area contributed by atoms with E-state index in [9.17, 15) is 0 Å². The summed E-state index contributed by atoms with van der Waals surface area (Å²) in [5.41, 5.74) is 3.02. The molecule has 1 fully saturated rings. The first-order chi connectivity index (χ1) is 7.20. The maximum absolute atomic E-state index is 4.38. The molecule has 82 valence electrons. The van der Waals surface area contributed by atoms with Gasteiger partial charge >= 0.3 is 0 Å². The lowest BCUT2D eigenvalue weighted by molar-refractivity contribution is 0.156. The maximum Gasteiger partial charge on any atom is 0.0570 e. The Morgan fingerprint density at radius 1 is 1.47 bits per heavy atom. The first-order valence-electron chi connectivity index (χ1n) is 5.81. The van der Waals surface area contributed by atoms with Gasteiger partial charge in [0.2, 0.25) is 0 Å². The monoisotopic (exact) mass is 204 g/mol. The summed E-state index contributed by atoms with van der Waals surface area (Å²) in [4.78, 5) is 4.38. The second-order valence-electron chi connectivity index (χ2n) is 5.03. The van der Waals surface area contributed by atoms with Gasteiger partial charge in [-0.25, -0.2) is 0 Å². The number of aryl methyl sites for hydroxylation is 1. The Morgan fingerprint density at radius 3 is 2.87 bits per heavy atom. The highest BCUT2D eigenvalue weighted by atomic mass is 14.9. The molecule has 1 saturated carbocycles. The van der Waals surface area contributed by atoms with Crippen LogP contribution in [-0.2, 0) is 6.54 Å². The van der Waals surface area contributed by atoms with Crippen molar-refractivity contribution in [3.8, 4) is 0 Å². The zero-order valence-corrected chi connectivity index (χ0v) is 9.71. The van der Waals surface area contributed by atoms with Gasteiger partial charge < -0.3 is 5.32 Å². The third kappa shape index (κ3) is 2.57. The SMILES string of the molecule is Cc1cccnc1CNCC1(C)CCC1. The second kappa shape index (κ2) is 4.31. The summed E-state index contributed by atoms with van der Waals surface area (Å²) >= 11 is 0. The van der Waals surface area contributed by atoms with E-state index in [1.54, 1.807) is 0 Å². The number of aromatic nitrogens is 1. The molecule has 15 heavy (non-hydrogen) atoms. The van der Waals surface area contributed by atoms with E-state index in [0.717, 1.165) is 13.1 Å². The van der Waals surface area contributed by atoms with E-state index in [0.29, 0.717) is 5.41 Å². The van der Waals surface area contributed by atoms with Crippen LogP contribution in [0.2, 0.25) is 0 Å². The molecule has 1 heterocycles.